The van der Waals surface area contributed by atoms with E-state index < -0.39 is 0 Å². The molecule has 0 spiro atoms. The van der Waals surface area contributed by atoms with Crippen LogP contribution in [0, 0.1) is 5.92 Å². The largest absolute Gasteiger partial charge is 0.304 e. The van der Waals surface area contributed by atoms with Gasteiger partial charge in [0.05, 0.1) is 5.69 Å². The van der Waals surface area contributed by atoms with Crippen LogP contribution in [-0.4, -0.2) is 33.9 Å². The fraction of sp³-hybridized carbons (Fsp3) is 0.533. The van der Waals surface area contributed by atoms with Crippen molar-refractivity contribution in [3.05, 3.63) is 35.2 Å². The maximum atomic E-state index is 6.17. The summed E-state index contributed by atoms with van der Waals surface area (Å²) in [7, 11) is 0. The number of piperidine rings is 1. The van der Waals surface area contributed by atoms with Gasteiger partial charge in [-0.05, 0) is 56.9 Å². The summed E-state index contributed by atoms with van der Waals surface area (Å²) >= 11 is 6.17. The van der Waals surface area contributed by atoms with Gasteiger partial charge in [0.15, 0.2) is 0 Å². The molecule has 0 atom stereocenters. The molecule has 2 aromatic rings. The molecular weight excluding hydrogens is 258 g/mol. The SMILES string of the molecule is CCN1CCC(Cc2cn3c(Cl)cccc3n2)CC1. The minimum atomic E-state index is 0.733. The lowest BCUT2D eigenvalue weighted by atomic mass is 9.92. The quantitative estimate of drug-likeness (QED) is 0.803. The van der Waals surface area contributed by atoms with Crippen molar-refractivity contribution in [2.75, 3.05) is 19.6 Å². The minimum absolute atomic E-state index is 0.733. The van der Waals surface area contributed by atoms with Crippen LogP contribution in [-0.2, 0) is 6.42 Å². The van der Waals surface area contributed by atoms with Crippen molar-refractivity contribution < 1.29 is 0 Å². The van der Waals surface area contributed by atoms with Gasteiger partial charge in [-0.25, -0.2) is 4.98 Å². The van der Waals surface area contributed by atoms with E-state index in [2.05, 4.69) is 23.0 Å². The molecule has 3 rings (SSSR count). The van der Waals surface area contributed by atoms with E-state index in [0.717, 1.165) is 23.1 Å². The molecule has 1 saturated heterocycles. The van der Waals surface area contributed by atoms with Gasteiger partial charge in [-0.15, -0.1) is 0 Å². The Labute approximate surface area is 119 Å². The Morgan fingerprint density at radius 2 is 2.11 bits per heavy atom. The first-order valence-corrected chi connectivity index (χ1v) is 7.49. The standard InChI is InChI=1S/C15H20ClN3/c1-2-18-8-6-12(7-9-18)10-13-11-19-14(16)4-3-5-15(19)17-13/h3-5,11-12H,2,6-10H2,1H3. The first-order valence-electron chi connectivity index (χ1n) is 7.11. The summed E-state index contributed by atoms with van der Waals surface area (Å²) in [4.78, 5) is 7.20. The Morgan fingerprint density at radius 1 is 1.32 bits per heavy atom. The van der Waals surface area contributed by atoms with Gasteiger partial charge in [-0.2, -0.15) is 0 Å². The monoisotopic (exact) mass is 277 g/mol. The number of nitrogens with zero attached hydrogens (tertiary/aromatic N) is 3. The van der Waals surface area contributed by atoms with Crippen molar-refractivity contribution in [2.24, 2.45) is 5.92 Å². The van der Waals surface area contributed by atoms with Gasteiger partial charge in [0, 0.05) is 6.20 Å². The summed E-state index contributed by atoms with van der Waals surface area (Å²) < 4.78 is 1.97. The van der Waals surface area contributed by atoms with Crippen molar-refractivity contribution in [3.63, 3.8) is 0 Å². The van der Waals surface area contributed by atoms with Crippen LogP contribution in [0.15, 0.2) is 24.4 Å². The number of pyridine rings is 1. The van der Waals surface area contributed by atoms with Crippen LogP contribution in [0.3, 0.4) is 0 Å². The third-order valence-electron chi connectivity index (χ3n) is 4.14. The van der Waals surface area contributed by atoms with Gasteiger partial charge in [0.25, 0.3) is 0 Å². The molecule has 1 fully saturated rings. The zero-order valence-corrected chi connectivity index (χ0v) is 12.1. The summed E-state index contributed by atoms with van der Waals surface area (Å²) in [6.07, 6.45) is 5.74. The molecule has 1 aliphatic rings. The molecule has 19 heavy (non-hydrogen) atoms. The van der Waals surface area contributed by atoms with Crippen LogP contribution in [0.4, 0.5) is 0 Å². The van der Waals surface area contributed by atoms with E-state index in [4.69, 9.17) is 11.6 Å². The number of likely N-dealkylation sites (tertiary alicyclic amines) is 1. The second-order valence-electron chi connectivity index (χ2n) is 5.39. The summed E-state index contributed by atoms with van der Waals surface area (Å²) in [5, 5.41) is 0.733. The molecule has 0 bridgehead atoms. The number of imidazole rings is 1. The molecule has 3 heterocycles. The molecule has 1 aliphatic heterocycles. The van der Waals surface area contributed by atoms with Crippen LogP contribution in [0.5, 0.6) is 0 Å². The first-order chi connectivity index (χ1) is 9.26. The van der Waals surface area contributed by atoms with Crippen LogP contribution < -0.4 is 0 Å². The number of aromatic nitrogens is 2. The second-order valence-corrected chi connectivity index (χ2v) is 5.78. The van der Waals surface area contributed by atoms with Crippen molar-refractivity contribution in [1.29, 1.82) is 0 Å². The van der Waals surface area contributed by atoms with Crippen LogP contribution >= 0.6 is 11.6 Å². The molecule has 0 saturated carbocycles. The van der Waals surface area contributed by atoms with Crippen LogP contribution in [0.25, 0.3) is 5.65 Å². The maximum absolute atomic E-state index is 6.17. The second kappa shape index (κ2) is 5.51. The highest BCUT2D eigenvalue weighted by Crippen LogP contribution is 2.22. The highest BCUT2D eigenvalue weighted by molar-refractivity contribution is 6.29. The Bertz CT molecular complexity index is 556. The van der Waals surface area contributed by atoms with Crippen LogP contribution in [0.2, 0.25) is 5.15 Å². The van der Waals surface area contributed by atoms with Crippen molar-refractivity contribution in [2.45, 2.75) is 26.2 Å². The number of halogens is 1. The van der Waals surface area contributed by atoms with Gasteiger partial charge < -0.3 is 4.90 Å². The van der Waals surface area contributed by atoms with Gasteiger partial charge in [-0.1, -0.05) is 24.6 Å². The van der Waals surface area contributed by atoms with Crippen molar-refractivity contribution in [3.8, 4) is 0 Å². The lowest BCUT2D eigenvalue weighted by molar-refractivity contribution is 0.191. The average molecular weight is 278 g/mol. The Kier molecular flexibility index (Phi) is 3.76. The molecule has 0 aliphatic carbocycles. The van der Waals surface area contributed by atoms with Crippen molar-refractivity contribution >= 4 is 17.2 Å². The topological polar surface area (TPSA) is 20.5 Å². The van der Waals surface area contributed by atoms with Gasteiger partial charge >= 0.3 is 0 Å². The fourth-order valence-electron chi connectivity index (χ4n) is 2.93. The lowest BCUT2D eigenvalue weighted by Crippen LogP contribution is -2.34. The number of fused-ring (bicyclic) bond motifs is 1. The smallest absolute Gasteiger partial charge is 0.138 e. The van der Waals surface area contributed by atoms with Gasteiger partial charge in [0.1, 0.15) is 10.8 Å². The zero-order chi connectivity index (χ0) is 13.2. The highest BCUT2D eigenvalue weighted by atomic mass is 35.5. The summed E-state index contributed by atoms with van der Waals surface area (Å²) in [5.41, 5.74) is 2.12. The lowest BCUT2D eigenvalue weighted by Gasteiger charge is -2.30. The molecule has 3 nitrogen and oxygen atoms in total. The average Bonchev–Trinajstić information content (AvgIpc) is 2.84. The van der Waals surface area contributed by atoms with Gasteiger partial charge in [-0.3, -0.25) is 4.40 Å². The summed E-state index contributed by atoms with van der Waals surface area (Å²) in [5.74, 6) is 0.770. The van der Waals surface area contributed by atoms with E-state index in [1.165, 1.54) is 38.2 Å². The molecule has 2 aromatic heterocycles. The van der Waals surface area contributed by atoms with E-state index in [1.54, 1.807) is 0 Å². The molecule has 102 valence electrons. The minimum Gasteiger partial charge on any atom is -0.304 e. The Hall–Kier alpha value is -1.06. The highest BCUT2D eigenvalue weighted by Gasteiger charge is 2.19. The molecule has 0 amide bonds. The van der Waals surface area contributed by atoms with Crippen molar-refractivity contribution in [1.82, 2.24) is 14.3 Å². The Morgan fingerprint density at radius 3 is 2.79 bits per heavy atom. The van der Waals surface area contributed by atoms with E-state index in [1.807, 2.05) is 22.6 Å². The third-order valence-corrected chi connectivity index (χ3v) is 4.45. The normalized spacial score (nSPS) is 18.2. The zero-order valence-electron chi connectivity index (χ0n) is 11.3. The van der Waals surface area contributed by atoms with E-state index in [-0.39, 0.29) is 0 Å². The number of rotatable bonds is 3. The molecule has 0 unspecified atom stereocenters. The van der Waals surface area contributed by atoms with E-state index in [9.17, 15) is 0 Å². The predicted molar refractivity (Wildman–Crippen MR) is 78.7 cm³/mol. The molecule has 0 radical (unpaired) electrons. The predicted octanol–water partition coefficient (Wildman–Crippen LogP) is 3.26. The molecule has 0 N–H and O–H groups in total. The molecule has 4 heteroatoms. The summed E-state index contributed by atoms with van der Waals surface area (Å²) in [6.45, 7) is 5.88. The molecule has 0 aromatic carbocycles. The first kappa shape index (κ1) is 12.9. The third kappa shape index (κ3) is 2.77. The van der Waals surface area contributed by atoms with Crippen LogP contribution in [0.1, 0.15) is 25.5 Å². The summed E-state index contributed by atoms with van der Waals surface area (Å²) in [6, 6.07) is 5.86. The number of hydrogen-bond acceptors (Lipinski definition) is 2. The van der Waals surface area contributed by atoms with E-state index in [0.29, 0.717) is 0 Å². The fourth-order valence-corrected chi connectivity index (χ4v) is 3.14. The van der Waals surface area contributed by atoms with E-state index >= 15 is 0 Å². The maximum Gasteiger partial charge on any atom is 0.138 e. The molecular formula is C15H20ClN3. The Balaban J connectivity index is 1.70. The number of hydrogen-bond donors (Lipinski definition) is 0. The van der Waals surface area contributed by atoms with Gasteiger partial charge in [0.2, 0.25) is 0 Å².